The molecule has 2 aromatic heterocycles. The molecule has 204 valence electrons. The zero-order chi connectivity index (χ0) is 28.2. The number of benzene rings is 3. The van der Waals surface area contributed by atoms with Crippen LogP contribution in [0.1, 0.15) is 52.7 Å². The normalized spacial score (nSPS) is 14.1. The first-order valence-electron chi connectivity index (χ1n) is 14.0. The molecule has 6 rings (SSSR count). The molecule has 0 atom stereocenters. The molecule has 1 aliphatic rings. The summed E-state index contributed by atoms with van der Waals surface area (Å²) < 4.78 is 8.87. The van der Waals surface area contributed by atoms with E-state index in [1.165, 1.54) is 21.9 Å². The maximum absolute atomic E-state index is 6.62. The Balaban J connectivity index is 1.47. The third-order valence-corrected chi connectivity index (χ3v) is 7.69. The molecule has 3 aromatic carbocycles. The van der Waals surface area contributed by atoms with E-state index in [1.807, 2.05) is 6.20 Å². The van der Waals surface area contributed by atoms with Gasteiger partial charge in [-0.3, -0.25) is 4.57 Å². The summed E-state index contributed by atoms with van der Waals surface area (Å²) in [7, 11) is 2.09. The number of fused-ring (bicyclic) bond motifs is 3. The summed E-state index contributed by atoms with van der Waals surface area (Å²) in [6, 6.07) is 25.8. The van der Waals surface area contributed by atoms with Gasteiger partial charge in [-0.1, -0.05) is 59.7 Å². The number of rotatable bonds is 4. The first kappa shape index (κ1) is 26.0. The molecule has 0 aliphatic carbocycles. The topological polar surface area (TPSA) is 33.5 Å². The van der Waals surface area contributed by atoms with Crippen molar-refractivity contribution in [1.82, 2.24) is 14.5 Å². The van der Waals surface area contributed by atoms with Crippen LogP contribution in [-0.4, -0.2) is 28.2 Å². The maximum Gasteiger partial charge on any atom is 0.137 e. The third-order valence-electron chi connectivity index (χ3n) is 7.69. The van der Waals surface area contributed by atoms with Crippen LogP contribution in [-0.2, 0) is 10.8 Å². The number of hydrogen-bond donors (Lipinski definition) is 0. The summed E-state index contributed by atoms with van der Waals surface area (Å²) in [6.45, 7) is 14.3. The molecule has 0 spiro atoms. The second kappa shape index (κ2) is 9.44. The van der Waals surface area contributed by atoms with Crippen LogP contribution in [0, 0.1) is 0 Å². The van der Waals surface area contributed by atoms with Crippen LogP contribution in [0.2, 0.25) is 0 Å². The Morgan fingerprint density at radius 3 is 2.17 bits per heavy atom. The van der Waals surface area contributed by atoms with Gasteiger partial charge in [0.25, 0.3) is 0 Å². The van der Waals surface area contributed by atoms with Gasteiger partial charge < -0.3 is 14.5 Å². The Morgan fingerprint density at radius 2 is 1.45 bits per heavy atom. The van der Waals surface area contributed by atoms with Gasteiger partial charge in [-0.25, -0.2) is 4.98 Å². The highest BCUT2D eigenvalue weighted by molar-refractivity contribution is 6.09. The lowest BCUT2D eigenvalue weighted by atomic mass is 9.86. The van der Waals surface area contributed by atoms with Crippen LogP contribution >= 0.6 is 0 Å². The van der Waals surface area contributed by atoms with E-state index in [0.29, 0.717) is 0 Å². The minimum atomic E-state index is -0.0103. The summed E-state index contributed by atoms with van der Waals surface area (Å²) in [5.74, 6) is 2.55. The lowest BCUT2D eigenvalue weighted by Crippen LogP contribution is -2.22. The van der Waals surface area contributed by atoms with E-state index in [4.69, 9.17) is 9.72 Å². The third kappa shape index (κ3) is 4.81. The van der Waals surface area contributed by atoms with Gasteiger partial charge in [0.15, 0.2) is 0 Å². The quantitative estimate of drug-likeness (QED) is 0.233. The molecule has 0 saturated carbocycles. The minimum Gasteiger partial charge on any atom is -0.457 e. The molecule has 0 amide bonds. The molecule has 1 aliphatic heterocycles. The van der Waals surface area contributed by atoms with Crippen molar-refractivity contribution in [1.29, 1.82) is 0 Å². The monoisotopic (exact) mass is 530 g/mol. The van der Waals surface area contributed by atoms with Gasteiger partial charge in [-0.05, 0) is 64.4 Å². The van der Waals surface area contributed by atoms with Crippen molar-refractivity contribution in [2.45, 2.75) is 52.4 Å². The highest BCUT2D eigenvalue weighted by Gasteiger charge is 2.21. The van der Waals surface area contributed by atoms with Crippen LogP contribution in [0.4, 0.5) is 5.69 Å². The predicted octanol–water partition coefficient (Wildman–Crippen LogP) is 8.75. The fourth-order valence-electron chi connectivity index (χ4n) is 5.34. The summed E-state index contributed by atoms with van der Waals surface area (Å²) in [6.07, 6.45) is 6.13. The van der Waals surface area contributed by atoms with Gasteiger partial charge in [-0.15, -0.1) is 0 Å². The molecule has 0 saturated heterocycles. The Morgan fingerprint density at radius 1 is 0.700 bits per heavy atom. The van der Waals surface area contributed by atoms with Crippen molar-refractivity contribution in [3.05, 3.63) is 103 Å². The molecule has 5 heteroatoms. The van der Waals surface area contributed by atoms with Gasteiger partial charge >= 0.3 is 0 Å². The van der Waals surface area contributed by atoms with Gasteiger partial charge in [0.05, 0.1) is 17.7 Å². The van der Waals surface area contributed by atoms with Crippen molar-refractivity contribution in [3.63, 3.8) is 0 Å². The second-order valence-electron chi connectivity index (χ2n) is 12.9. The molecular weight excluding hydrogens is 492 g/mol. The van der Waals surface area contributed by atoms with Crippen molar-refractivity contribution < 1.29 is 4.74 Å². The highest BCUT2D eigenvalue weighted by atomic mass is 16.5. The van der Waals surface area contributed by atoms with E-state index < -0.39 is 0 Å². The van der Waals surface area contributed by atoms with Crippen LogP contribution in [0.15, 0.2) is 91.4 Å². The van der Waals surface area contributed by atoms with E-state index in [0.717, 1.165) is 40.7 Å². The lowest BCUT2D eigenvalue weighted by molar-refractivity contribution is 0.477. The van der Waals surface area contributed by atoms with Crippen molar-refractivity contribution in [3.8, 4) is 17.3 Å². The van der Waals surface area contributed by atoms with Crippen LogP contribution < -0.4 is 9.64 Å². The maximum atomic E-state index is 6.62. The summed E-state index contributed by atoms with van der Waals surface area (Å²) >= 11 is 0. The highest BCUT2D eigenvalue weighted by Crippen LogP contribution is 2.38. The summed E-state index contributed by atoms with van der Waals surface area (Å²) in [5, 5.41) is 2.38. The Labute approximate surface area is 237 Å². The van der Waals surface area contributed by atoms with Crippen molar-refractivity contribution in [2.75, 3.05) is 18.6 Å². The number of nitrogens with zero attached hydrogens (tertiary/aromatic N) is 4. The Kier molecular flexibility index (Phi) is 6.14. The number of para-hydroxylation sites is 1. The first-order chi connectivity index (χ1) is 19.0. The summed E-state index contributed by atoms with van der Waals surface area (Å²) in [4.78, 5) is 9.23. The Bertz CT molecular complexity index is 1750. The zero-order valence-corrected chi connectivity index (χ0v) is 24.6. The van der Waals surface area contributed by atoms with Crippen LogP contribution in [0.5, 0.6) is 11.5 Å². The molecule has 0 radical (unpaired) electrons. The molecule has 0 fully saturated rings. The van der Waals surface area contributed by atoms with Gasteiger partial charge in [0, 0.05) is 54.2 Å². The second-order valence-corrected chi connectivity index (χ2v) is 12.9. The number of ether oxygens (including phenoxy) is 1. The molecule has 3 heterocycles. The molecule has 0 bridgehead atoms. The van der Waals surface area contributed by atoms with Gasteiger partial charge in [0.1, 0.15) is 17.3 Å². The number of pyridine rings is 1. The molecule has 0 N–H and O–H groups in total. The van der Waals surface area contributed by atoms with E-state index in [-0.39, 0.29) is 10.8 Å². The fraction of sp³-hybridized carbons (Fsp3) is 0.286. The molecule has 5 nitrogen and oxygen atoms in total. The zero-order valence-electron chi connectivity index (χ0n) is 24.6. The van der Waals surface area contributed by atoms with E-state index in [9.17, 15) is 0 Å². The van der Waals surface area contributed by atoms with Gasteiger partial charge in [0.2, 0.25) is 0 Å². The SMILES string of the molecule is CN1C=CN(c2cc(Oc3ccc4c5ccccc5n(-c5cc(C(C)(C)C)ccn5)c4c3)cc(C(C)(C)C)c2)C1. The standard InChI is InChI=1S/C35H38N4O/c1-34(2,3)24-14-15-36-33(20-24)39-31-11-9-8-10-29(31)30-13-12-27(22-32(30)39)40-28-19-25(35(4,5)6)18-26(21-28)38-17-16-37(7)23-38/h8-22H,23H2,1-7H3. The van der Waals surface area contributed by atoms with Gasteiger partial charge in [-0.2, -0.15) is 0 Å². The fourth-order valence-corrected chi connectivity index (χ4v) is 5.34. The molecule has 5 aromatic rings. The number of anilines is 1. The Hall–Kier alpha value is -4.25. The predicted molar refractivity (Wildman–Crippen MR) is 167 cm³/mol. The molecular formula is C35H38N4O. The molecule has 0 unspecified atom stereocenters. The minimum absolute atomic E-state index is 0.0103. The first-order valence-corrected chi connectivity index (χ1v) is 14.0. The van der Waals surface area contributed by atoms with Crippen LogP contribution in [0.25, 0.3) is 27.6 Å². The largest absolute Gasteiger partial charge is 0.457 e. The van der Waals surface area contributed by atoms with E-state index in [1.54, 1.807) is 0 Å². The number of aromatic nitrogens is 2. The lowest BCUT2D eigenvalue weighted by Gasteiger charge is -2.25. The average Bonchev–Trinajstić information content (AvgIpc) is 3.48. The van der Waals surface area contributed by atoms with E-state index >= 15 is 0 Å². The average molecular weight is 531 g/mol. The summed E-state index contributed by atoms with van der Waals surface area (Å²) in [5.41, 5.74) is 5.85. The van der Waals surface area contributed by atoms with Crippen LogP contribution in [0.3, 0.4) is 0 Å². The van der Waals surface area contributed by atoms with E-state index in [2.05, 4.69) is 148 Å². The molecule has 40 heavy (non-hydrogen) atoms. The smallest absolute Gasteiger partial charge is 0.137 e. The van der Waals surface area contributed by atoms with Crippen molar-refractivity contribution >= 4 is 27.5 Å². The van der Waals surface area contributed by atoms with Crippen molar-refractivity contribution in [2.24, 2.45) is 0 Å². The number of hydrogen-bond acceptors (Lipinski definition) is 4.